The van der Waals surface area contributed by atoms with E-state index in [1.54, 1.807) is 32.9 Å². The SMILES string of the molecule is CC1(C)[C@H](C(=O)Nc2ccccc2C(=O)O)CC[C@@]1(C)C(=O)O. The van der Waals surface area contributed by atoms with Crippen LogP contribution in [0.4, 0.5) is 5.69 Å². The van der Waals surface area contributed by atoms with Crippen LogP contribution < -0.4 is 5.32 Å². The Labute approximate surface area is 134 Å². The maximum Gasteiger partial charge on any atom is 0.337 e. The number of nitrogens with one attached hydrogen (secondary N) is 1. The van der Waals surface area contributed by atoms with Crippen LogP contribution in [0.5, 0.6) is 0 Å². The van der Waals surface area contributed by atoms with E-state index in [9.17, 15) is 24.6 Å². The molecule has 0 aromatic heterocycles. The summed E-state index contributed by atoms with van der Waals surface area (Å²) >= 11 is 0. The van der Waals surface area contributed by atoms with Crippen molar-refractivity contribution in [1.29, 1.82) is 0 Å². The van der Waals surface area contributed by atoms with E-state index in [-0.39, 0.29) is 17.2 Å². The van der Waals surface area contributed by atoms with Gasteiger partial charge in [-0.3, -0.25) is 9.59 Å². The van der Waals surface area contributed by atoms with Crippen LogP contribution in [0.25, 0.3) is 0 Å². The number of amides is 1. The van der Waals surface area contributed by atoms with Gasteiger partial charge in [0.25, 0.3) is 0 Å². The van der Waals surface area contributed by atoms with Gasteiger partial charge in [-0.25, -0.2) is 4.79 Å². The number of para-hydroxylation sites is 1. The summed E-state index contributed by atoms with van der Waals surface area (Å²) in [7, 11) is 0. The first-order valence-electron chi connectivity index (χ1n) is 7.48. The van der Waals surface area contributed by atoms with E-state index in [2.05, 4.69) is 5.32 Å². The van der Waals surface area contributed by atoms with Crippen molar-refractivity contribution in [2.24, 2.45) is 16.7 Å². The van der Waals surface area contributed by atoms with Gasteiger partial charge >= 0.3 is 11.9 Å². The molecule has 0 spiro atoms. The monoisotopic (exact) mass is 319 g/mol. The number of hydrogen-bond acceptors (Lipinski definition) is 3. The van der Waals surface area contributed by atoms with E-state index >= 15 is 0 Å². The lowest BCUT2D eigenvalue weighted by Gasteiger charge is -2.37. The zero-order valence-corrected chi connectivity index (χ0v) is 13.4. The third-order valence-corrected chi connectivity index (χ3v) is 5.43. The molecule has 0 heterocycles. The van der Waals surface area contributed by atoms with Crippen molar-refractivity contribution < 1.29 is 24.6 Å². The van der Waals surface area contributed by atoms with Crippen molar-refractivity contribution >= 4 is 23.5 Å². The number of anilines is 1. The molecule has 0 aliphatic heterocycles. The van der Waals surface area contributed by atoms with Crippen LogP contribution >= 0.6 is 0 Å². The van der Waals surface area contributed by atoms with E-state index in [0.29, 0.717) is 12.8 Å². The lowest BCUT2D eigenvalue weighted by atomic mass is 9.65. The second-order valence-electron chi connectivity index (χ2n) is 6.79. The second kappa shape index (κ2) is 5.68. The highest BCUT2D eigenvalue weighted by Crippen LogP contribution is 2.56. The molecule has 1 aromatic carbocycles. The largest absolute Gasteiger partial charge is 0.481 e. The average Bonchev–Trinajstić information content (AvgIpc) is 2.71. The van der Waals surface area contributed by atoms with E-state index in [1.165, 1.54) is 12.1 Å². The maximum absolute atomic E-state index is 12.6. The lowest BCUT2D eigenvalue weighted by Crippen LogP contribution is -2.43. The first-order valence-corrected chi connectivity index (χ1v) is 7.48. The molecule has 1 aliphatic carbocycles. The van der Waals surface area contributed by atoms with Crippen molar-refractivity contribution in [2.45, 2.75) is 33.6 Å². The Morgan fingerprint density at radius 3 is 2.26 bits per heavy atom. The van der Waals surface area contributed by atoms with Crippen molar-refractivity contribution in [3.63, 3.8) is 0 Å². The molecule has 2 atom stereocenters. The molecule has 1 fully saturated rings. The number of carboxylic acids is 2. The van der Waals surface area contributed by atoms with E-state index < -0.39 is 28.7 Å². The zero-order chi connectivity index (χ0) is 17.4. The number of hydrogen-bond donors (Lipinski definition) is 3. The molecular weight excluding hydrogens is 298 g/mol. The first kappa shape index (κ1) is 17.0. The molecule has 3 N–H and O–H groups in total. The number of aromatic carboxylic acids is 1. The summed E-state index contributed by atoms with van der Waals surface area (Å²) in [4.78, 5) is 35.4. The Morgan fingerprint density at radius 1 is 1.13 bits per heavy atom. The fourth-order valence-corrected chi connectivity index (χ4v) is 3.34. The Morgan fingerprint density at radius 2 is 1.74 bits per heavy atom. The number of carbonyl (C=O) groups excluding carboxylic acids is 1. The van der Waals surface area contributed by atoms with Gasteiger partial charge in [-0.05, 0) is 37.3 Å². The predicted molar refractivity (Wildman–Crippen MR) is 84.3 cm³/mol. The molecule has 1 amide bonds. The average molecular weight is 319 g/mol. The quantitative estimate of drug-likeness (QED) is 0.791. The van der Waals surface area contributed by atoms with Crippen LogP contribution in [0.2, 0.25) is 0 Å². The van der Waals surface area contributed by atoms with Gasteiger partial charge in [0, 0.05) is 5.92 Å². The first-order chi connectivity index (χ1) is 10.6. The topological polar surface area (TPSA) is 104 Å². The number of benzene rings is 1. The molecule has 6 heteroatoms. The van der Waals surface area contributed by atoms with Crippen LogP contribution in [-0.2, 0) is 9.59 Å². The van der Waals surface area contributed by atoms with Gasteiger partial charge in [0.1, 0.15) is 0 Å². The van der Waals surface area contributed by atoms with Crippen LogP contribution in [0, 0.1) is 16.7 Å². The molecule has 0 radical (unpaired) electrons. The van der Waals surface area contributed by atoms with Crippen molar-refractivity contribution in [1.82, 2.24) is 0 Å². The van der Waals surface area contributed by atoms with Crippen molar-refractivity contribution in [3.8, 4) is 0 Å². The normalized spacial score (nSPS) is 25.8. The fourth-order valence-electron chi connectivity index (χ4n) is 3.34. The summed E-state index contributed by atoms with van der Waals surface area (Å²) in [5.74, 6) is -2.87. The molecule has 0 saturated heterocycles. The van der Waals surface area contributed by atoms with Gasteiger partial charge in [-0.15, -0.1) is 0 Å². The Kier molecular flexibility index (Phi) is 4.20. The summed E-state index contributed by atoms with van der Waals surface area (Å²) in [6.45, 7) is 5.22. The molecule has 124 valence electrons. The summed E-state index contributed by atoms with van der Waals surface area (Å²) in [6, 6.07) is 6.17. The summed E-state index contributed by atoms with van der Waals surface area (Å²) < 4.78 is 0. The molecule has 23 heavy (non-hydrogen) atoms. The number of carboxylic acid groups (broad SMARTS) is 2. The molecule has 1 aromatic rings. The van der Waals surface area contributed by atoms with Gasteiger partial charge < -0.3 is 15.5 Å². The summed E-state index contributed by atoms with van der Waals surface area (Å²) in [5, 5.41) is 21.3. The summed E-state index contributed by atoms with van der Waals surface area (Å²) in [6.07, 6.45) is 0.866. The lowest BCUT2D eigenvalue weighted by molar-refractivity contribution is -0.154. The number of aliphatic carboxylic acids is 1. The van der Waals surface area contributed by atoms with Crippen molar-refractivity contribution in [2.75, 3.05) is 5.32 Å². The Balaban J connectivity index is 2.26. The van der Waals surface area contributed by atoms with Crippen LogP contribution in [0.1, 0.15) is 44.0 Å². The Hall–Kier alpha value is -2.37. The highest BCUT2D eigenvalue weighted by Gasteiger charge is 2.58. The van der Waals surface area contributed by atoms with Crippen LogP contribution in [-0.4, -0.2) is 28.1 Å². The highest BCUT2D eigenvalue weighted by molar-refractivity contribution is 6.01. The minimum Gasteiger partial charge on any atom is -0.481 e. The van der Waals surface area contributed by atoms with Gasteiger partial charge in [-0.1, -0.05) is 26.0 Å². The molecular formula is C17H21NO5. The molecule has 0 bridgehead atoms. The fraction of sp³-hybridized carbons (Fsp3) is 0.471. The standard InChI is InChI=1S/C17H21NO5/c1-16(2)11(8-9-17(16,3)15(22)23)13(19)18-12-7-5-4-6-10(12)14(20)21/h4-7,11H,8-9H2,1-3H3,(H,18,19)(H,20,21)(H,22,23)/t11-,17-/m0/s1. The van der Waals surface area contributed by atoms with E-state index in [1.807, 2.05) is 0 Å². The molecule has 6 nitrogen and oxygen atoms in total. The van der Waals surface area contributed by atoms with Gasteiger partial charge in [0.2, 0.25) is 5.91 Å². The number of carbonyl (C=O) groups is 3. The van der Waals surface area contributed by atoms with Gasteiger partial charge in [-0.2, -0.15) is 0 Å². The minimum atomic E-state index is -1.12. The molecule has 0 unspecified atom stereocenters. The highest BCUT2D eigenvalue weighted by atomic mass is 16.4. The maximum atomic E-state index is 12.6. The van der Waals surface area contributed by atoms with E-state index in [4.69, 9.17) is 0 Å². The van der Waals surface area contributed by atoms with Crippen molar-refractivity contribution in [3.05, 3.63) is 29.8 Å². The van der Waals surface area contributed by atoms with Crippen LogP contribution in [0.3, 0.4) is 0 Å². The third kappa shape index (κ3) is 2.69. The zero-order valence-electron chi connectivity index (χ0n) is 13.4. The Bertz CT molecular complexity index is 667. The molecule has 2 rings (SSSR count). The molecule has 1 aliphatic rings. The van der Waals surface area contributed by atoms with Gasteiger partial charge in [0.15, 0.2) is 0 Å². The van der Waals surface area contributed by atoms with Gasteiger partial charge in [0.05, 0.1) is 16.7 Å². The van der Waals surface area contributed by atoms with E-state index in [0.717, 1.165) is 0 Å². The van der Waals surface area contributed by atoms with Crippen LogP contribution in [0.15, 0.2) is 24.3 Å². The molecule has 1 saturated carbocycles. The summed E-state index contributed by atoms with van der Waals surface area (Å²) in [5.41, 5.74) is -1.48. The predicted octanol–water partition coefficient (Wildman–Crippen LogP) is 2.85. The third-order valence-electron chi connectivity index (χ3n) is 5.43. The minimum absolute atomic E-state index is 0.0117. The smallest absolute Gasteiger partial charge is 0.337 e. The second-order valence-corrected chi connectivity index (χ2v) is 6.79. The number of rotatable bonds is 4.